The zero-order valence-electron chi connectivity index (χ0n) is 5.00. The molecule has 0 radical (unpaired) electrons. The molecule has 0 atom stereocenters. The lowest BCUT2D eigenvalue weighted by Crippen LogP contribution is -1.80. The lowest BCUT2D eigenvalue weighted by atomic mass is 10.3. The molecule has 1 heterocycles. The van der Waals surface area contributed by atoms with Gasteiger partial charge in [-0.05, 0) is 6.07 Å². The van der Waals surface area contributed by atoms with Crippen molar-refractivity contribution in [1.82, 2.24) is 4.98 Å². The normalized spacial score (nSPS) is 8.80. The molecule has 0 spiro atoms. The van der Waals surface area contributed by atoms with Crippen LogP contribution < -0.4 is 0 Å². The number of halogens is 1. The van der Waals surface area contributed by atoms with Gasteiger partial charge in [0.2, 0.25) is 0 Å². The summed E-state index contributed by atoms with van der Waals surface area (Å²) in [7, 11) is 0. The van der Waals surface area contributed by atoms with Crippen LogP contribution in [0.2, 0.25) is 5.02 Å². The highest BCUT2D eigenvalue weighted by Gasteiger charge is 1.97. The molecule has 0 saturated heterocycles. The molecule has 1 rings (SSSR count). The number of aromatic nitrogens is 1. The van der Waals surface area contributed by atoms with Gasteiger partial charge in [0.05, 0.1) is 11.2 Å². The summed E-state index contributed by atoms with van der Waals surface area (Å²) < 4.78 is 0. The van der Waals surface area contributed by atoms with Crippen molar-refractivity contribution in [1.29, 1.82) is 0 Å². The van der Waals surface area contributed by atoms with Gasteiger partial charge in [0.1, 0.15) is 5.69 Å². The zero-order chi connectivity index (χ0) is 7.56. The summed E-state index contributed by atoms with van der Waals surface area (Å²) >= 11 is 5.51. The molecule has 0 unspecified atom stereocenters. The molecule has 2 nitrogen and oxygen atoms in total. The van der Waals surface area contributed by atoms with Gasteiger partial charge in [-0.2, -0.15) is 0 Å². The standard InChI is InChI=1S/C7H4ClNO/c1-2-5-3-6(8)7(10)4-9-5/h1,3-4,10H. The highest BCUT2D eigenvalue weighted by molar-refractivity contribution is 6.32. The number of aromatic hydroxyl groups is 1. The van der Waals surface area contributed by atoms with E-state index in [2.05, 4.69) is 10.9 Å². The average Bonchev–Trinajstić information content (AvgIpc) is 1.95. The van der Waals surface area contributed by atoms with Crippen molar-refractivity contribution in [2.24, 2.45) is 0 Å². The maximum absolute atomic E-state index is 8.88. The fourth-order valence-corrected chi connectivity index (χ4v) is 0.655. The van der Waals surface area contributed by atoms with Crippen molar-refractivity contribution in [2.45, 2.75) is 0 Å². The predicted octanol–water partition coefficient (Wildman–Crippen LogP) is 1.42. The van der Waals surface area contributed by atoms with E-state index in [9.17, 15) is 0 Å². The Morgan fingerprint density at radius 2 is 2.40 bits per heavy atom. The smallest absolute Gasteiger partial charge is 0.152 e. The topological polar surface area (TPSA) is 33.1 Å². The van der Waals surface area contributed by atoms with Gasteiger partial charge in [0, 0.05) is 0 Å². The highest BCUT2D eigenvalue weighted by Crippen LogP contribution is 2.20. The van der Waals surface area contributed by atoms with E-state index in [1.807, 2.05) is 0 Å². The lowest BCUT2D eigenvalue weighted by Gasteiger charge is -1.93. The fourth-order valence-electron chi connectivity index (χ4n) is 0.503. The Hall–Kier alpha value is -1.20. The van der Waals surface area contributed by atoms with Crippen LogP contribution in [0.1, 0.15) is 5.69 Å². The maximum atomic E-state index is 8.88. The van der Waals surface area contributed by atoms with Gasteiger partial charge in [-0.1, -0.05) is 17.5 Å². The van der Waals surface area contributed by atoms with E-state index in [-0.39, 0.29) is 10.8 Å². The number of hydrogen-bond donors (Lipinski definition) is 1. The summed E-state index contributed by atoms with van der Waals surface area (Å²) in [5.41, 5.74) is 0.419. The van der Waals surface area contributed by atoms with Crippen LogP contribution in [0, 0.1) is 12.3 Å². The Balaban J connectivity index is 3.20. The maximum Gasteiger partial charge on any atom is 0.152 e. The Kier molecular flexibility index (Phi) is 1.79. The number of rotatable bonds is 0. The van der Waals surface area contributed by atoms with Crippen molar-refractivity contribution in [3.05, 3.63) is 23.0 Å². The van der Waals surface area contributed by atoms with Crippen LogP contribution in [0.5, 0.6) is 5.75 Å². The molecule has 0 aliphatic heterocycles. The third kappa shape index (κ3) is 1.20. The summed E-state index contributed by atoms with van der Waals surface area (Å²) in [5, 5.41) is 9.10. The second-order valence-corrected chi connectivity index (χ2v) is 2.07. The predicted molar refractivity (Wildman–Crippen MR) is 38.8 cm³/mol. The van der Waals surface area contributed by atoms with Crippen LogP contribution in [0.25, 0.3) is 0 Å². The quantitative estimate of drug-likeness (QED) is 0.572. The van der Waals surface area contributed by atoms with Crippen molar-refractivity contribution in [3.8, 4) is 18.1 Å². The van der Waals surface area contributed by atoms with Crippen LogP contribution in [-0.2, 0) is 0 Å². The molecule has 1 N–H and O–H groups in total. The highest BCUT2D eigenvalue weighted by atomic mass is 35.5. The summed E-state index contributed by atoms with van der Waals surface area (Å²) in [6.45, 7) is 0. The first-order valence-electron chi connectivity index (χ1n) is 2.55. The van der Waals surface area contributed by atoms with Crippen molar-refractivity contribution < 1.29 is 5.11 Å². The van der Waals surface area contributed by atoms with Gasteiger partial charge in [-0.15, -0.1) is 6.42 Å². The minimum absolute atomic E-state index is 0.0549. The molecule has 0 bridgehead atoms. The second-order valence-electron chi connectivity index (χ2n) is 1.67. The minimum Gasteiger partial charge on any atom is -0.505 e. The summed E-state index contributed by atoms with van der Waals surface area (Å²) in [4.78, 5) is 3.69. The molecule has 10 heavy (non-hydrogen) atoms. The van der Waals surface area contributed by atoms with Gasteiger partial charge in [0.15, 0.2) is 5.75 Å². The first kappa shape index (κ1) is 6.91. The molecule has 1 aromatic rings. The number of hydrogen-bond acceptors (Lipinski definition) is 2. The van der Waals surface area contributed by atoms with Crippen LogP contribution >= 0.6 is 11.6 Å². The Morgan fingerprint density at radius 3 is 2.90 bits per heavy atom. The van der Waals surface area contributed by atoms with Gasteiger partial charge in [-0.25, -0.2) is 4.98 Å². The fraction of sp³-hybridized carbons (Fsp3) is 0. The largest absolute Gasteiger partial charge is 0.505 e. The number of terminal acetylenes is 1. The minimum atomic E-state index is -0.0549. The molecular formula is C7H4ClNO. The SMILES string of the molecule is C#Cc1cc(Cl)c(O)cn1. The molecule has 0 aliphatic rings. The molecule has 0 aliphatic carbocycles. The third-order valence-electron chi connectivity index (χ3n) is 0.982. The van der Waals surface area contributed by atoms with Crippen molar-refractivity contribution in [3.63, 3.8) is 0 Å². The summed E-state index contributed by atoms with van der Waals surface area (Å²) in [6.07, 6.45) is 6.24. The van der Waals surface area contributed by atoms with Crippen molar-refractivity contribution >= 4 is 11.6 Å². The van der Waals surface area contributed by atoms with E-state index < -0.39 is 0 Å². The molecular weight excluding hydrogens is 150 g/mol. The lowest BCUT2D eigenvalue weighted by molar-refractivity contribution is 0.473. The van der Waals surface area contributed by atoms with Gasteiger partial charge >= 0.3 is 0 Å². The Labute approximate surface area is 63.5 Å². The number of nitrogens with zero attached hydrogens (tertiary/aromatic N) is 1. The summed E-state index contributed by atoms with van der Waals surface area (Å²) in [5.74, 6) is 2.23. The molecule has 0 saturated carbocycles. The third-order valence-corrected chi connectivity index (χ3v) is 1.28. The van der Waals surface area contributed by atoms with Crippen LogP contribution in [0.3, 0.4) is 0 Å². The van der Waals surface area contributed by atoms with Gasteiger partial charge in [0.25, 0.3) is 0 Å². The van der Waals surface area contributed by atoms with Gasteiger partial charge in [-0.3, -0.25) is 0 Å². The Morgan fingerprint density at radius 1 is 1.70 bits per heavy atom. The van der Waals surface area contributed by atoms with E-state index >= 15 is 0 Å². The monoisotopic (exact) mass is 153 g/mol. The Bertz CT molecular complexity index is 290. The van der Waals surface area contributed by atoms with Crippen LogP contribution in [0.4, 0.5) is 0 Å². The average molecular weight is 154 g/mol. The van der Waals surface area contributed by atoms with E-state index in [0.717, 1.165) is 0 Å². The van der Waals surface area contributed by atoms with E-state index in [0.29, 0.717) is 5.69 Å². The van der Waals surface area contributed by atoms with Crippen LogP contribution in [0.15, 0.2) is 12.3 Å². The molecule has 0 aromatic carbocycles. The van der Waals surface area contributed by atoms with Crippen molar-refractivity contribution in [2.75, 3.05) is 0 Å². The van der Waals surface area contributed by atoms with E-state index in [4.69, 9.17) is 23.1 Å². The molecule has 0 amide bonds. The summed E-state index contributed by atoms with van der Waals surface area (Å²) in [6, 6.07) is 1.43. The molecule has 0 fully saturated rings. The van der Waals surface area contributed by atoms with Crippen LogP contribution in [-0.4, -0.2) is 10.1 Å². The molecule has 1 aromatic heterocycles. The molecule has 3 heteroatoms. The first-order chi connectivity index (χ1) is 4.74. The van der Waals surface area contributed by atoms with Gasteiger partial charge < -0.3 is 5.11 Å². The van der Waals surface area contributed by atoms with E-state index in [1.165, 1.54) is 12.3 Å². The molecule has 50 valence electrons. The zero-order valence-corrected chi connectivity index (χ0v) is 5.76. The van der Waals surface area contributed by atoms with E-state index in [1.54, 1.807) is 0 Å². The number of pyridine rings is 1. The second kappa shape index (κ2) is 2.59. The first-order valence-corrected chi connectivity index (χ1v) is 2.93.